The van der Waals surface area contributed by atoms with Crippen LogP contribution in [0.15, 0.2) is 48.5 Å². The van der Waals surface area contributed by atoms with Gasteiger partial charge in [0.05, 0.1) is 17.5 Å². The van der Waals surface area contributed by atoms with Gasteiger partial charge in [-0.2, -0.15) is 0 Å². The predicted octanol–water partition coefficient (Wildman–Crippen LogP) is 4.66. The Hall–Kier alpha value is -3.55. The molecule has 2 aromatic carbocycles. The van der Waals surface area contributed by atoms with Crippen LogP contribution in [0, 0.1) is 29.0 Å². The fraction of sp³-hybridized carbons (Fsp3) is 0.467. The zero-order chi connectivity index (χ0) is 26.6. The van der Waals surface area contributed by atoms with Crippen LogP contribution in [0.5, 0.6) is 0 Å². The van der Waals surface area contributed by atoms with E-state index in [0.29, 0.717) is 29.1 Å². The number of amides is 4. The number of rotatable bonds is 6. The summed E-state index contributed by atoms with van der Waals surface area (Å²) < 4.78 is 13.6. The molecule has 1 unspecified atom stereocenters. The molecule has 0 spiro atoms. The van der Waals surface area contributed by atoms with Gasteiger partial charge in [-0.15, -0.1) is 0 Å². The first-order valence-electron chi connectivity index (χ1n) is 13.5. The molecule has 38 heavy (non-hydrogen) atoms. The molecule has 0 aromatic heterocycles. The van der Waals surface area contributed by atoms with E-state index in [1.165, 1.54) is 38.3 Å². The lowest BCUT2D eigenvalue weighted by Crippen LogP contribution is -2.57. The molecule has 8 heteroatoms. The molecule has 5 aliphatic rings. The molecule has 1 saturated heterocycles. The fourth-order valence-electron chi connectivity index (χ4n) is 7.82. The van der Waals surface area contributed by atoms with E-state index in [1.807, 2.05) is 0 Å². The van der Waals surface area contributed by atoms with Crippen molar-refractivity contribution in [2.24, 2.45) is 23.2 Å². The molecule has 0 radical (unpaired) electrons. The fourth-order valence-corrected chi connectivity index (χ4v) is 7.82. The highest BCUT2D eigenvalue weighted by molar-refractivity contribution is 6.23. The number of nitrogens with one attached hydrogen (secondary N) is 1. The Labute approximate surface area is 221 Å². The highest BCUT2D eigenvalue weighted by atomic mass is 19.1. The molecule has 198 valence electrons. The lowest BCUT2D eigenvalue weighted by Gasteiger charge is -2.57. The van der Waals surface area contributed by atoms with Crippen LogP contribution in [-0.2, 0) is 25.7 Å². The summed E-state index contributed by atoms with van der Waals surface area (Å²) in [4.78, 5) is 55.5. The first-order chi connectivity index (χ1) is 18.2. The van der Waals surface area contributed by atoms with Gasteiger partial charge in [-0.1, -0.05) is 12.1 Å². The lowest BCUT2D eigenvalue weighted by molar-refractivity contribution is -0.162. The molecule has 7 nitrogen and oxygen atoms in total. The van der Waals surface area contributed by atoms with Crippen molar-refractivity contribution >= 4 is 35.0 Å². The molecule has 7 rings (SSSR count). The minimum Gasteiger partial charge on any atom is -0.326 e. The van der Waals surface area contributed by atoms with Crippen molar-refractivity contribution in [1.29, 1.82) is 0 Å². The summed E-state index contributed by atoms with van der Waals surface area (Å²) in [5, 5.41) is 2.67. The van der Waals surface area contributed by atoms with Crippen LogP contribution in [0.25, 0.3) is 0 Å². The number of hydrogen-bond acceptors (Lipinski definition) is 4. The molecule has 1 heterocycles. The highest BCUT2D eigenvalue weighted by Crippen LogP contribution is 2.60. The van der Waals surface area contributed by atoms with Gasteiger partial charge in [0.2, 0.25) is 17.7 Å². The molecule has 4 saturated carbocycles. The Kier molecular flexibility index (Phi) is 6.08. The van der Waals surface area contributed by atoms with Crippen molar-refractivity contribution in [3.63, 3.8) is 0 Å². The second-order valence-corrected chi connectivity index (χ2v) is 11.8. The number of carbonyl (C=O) groups excluding carboxylic acids is 4. The van der Waals surface area contributed by atoms with Gasteiger partial charge in [0, 0.05) is 19.2 Å². The van der Waals surface area contributed by atoms with Crippen molar-refractivity contribution in [2.45, 2.75) is 64.5 Å². The molecule has 4 bridgehead atoms. The third-order valence-electron chi connectivity index (χ3n) is 8.96. The van der Waals surface area contributed by atoms with Crippen LogP contribution < -0.4 is 10.2 Å². The number of nitrogens with zero attached hydrogens (tertiary/aromatic N) is 2. The maximum atomic E-state index is 14.4. The Morgan fingerprint density at radius 3 is 2.08 bits per heavy atom. The number of carbonyl (C=O) groups is 4. The van der Waals surface area contributed by atoms with Crippen LogP contribution >= 0.6 is 0 Å². The molecule has 5 fully saturated rings. The van der Waals surface area contributed by atoms with E-state index in [2.05, 4.69) is 5.32 Å². The third-order valence-corrected chi connectivity index (χ3v) is 8.96. The normalized spacial score (nSPS) is 29.6. The maximum absolute atomic E-state index is 14.4. The second-order valence-electron chi connectivity index (χ2n) is 11.8. The summed E-state index contributed by atoms with van der Waals surface area (Å²) in [5.74, 6) is 0.249. The molecule has 1 aliphatic heterocycles. The molecule has 1 N–H and O–H groups in total. The van der Waals surface area contributed by atoms with Gasteiger partial charge in [0.1, 0.15) is 11.9 Å². The number of anilines is 2. The van der Waals surface area contributed by atoms with E-state index in [-0.39, 0.29) is 36.5 Å². The molecule has 1 atom stereocenters. The van der Waals surface area contributed by atoms with Gasteiger partial charge < -0.3 is 10.2 Å². The Bertz CT molecular complexity index is 1250. The van der Waals surface area contributed by atoms with E-state index in [1.54, 1.807) is 41.3 Å². The van der Waals surface area contributed by atoms with E-state index < -0.39 is 17.4 Å². The monoisotopic (exact) mass is 517 g/mol. The third kappa shape index (κ3) is 4.40. The minimum absolute atomic E-state index is 0.0325. The summed E-state index contributed by atoms with van der Waals surface area (Å²) in [6.45, 7) is 1.56. The van der Waals surface area contributed by atoms with Crippen molar-refractivity contribution in [3.8, 4) is 0 Å². The largest absolute Gasteiger partial charge is 0.326 e. The molecular weight excluding hydrogens is 485 g/mol. The van der Waals surface area contributed by atoms with Crippen LogP contribution in [0.2, 0.25) is 0 Å². The number of hydrogen-bond donors (Lipinski definition) is 1. The average molecular weight is 518 g/mol. The van der Waals surface area contributed by atoms with Crippen LogP contribution in [0.1, 0.15) is 57.4 Å². The van der Waals surface area contributed by atoms with Crippen molar-refractivity contribution in [3.05, 3.63) is 59.9 Å². The Balaban J connectivity index is 1.31. The van der Waals surface area contributed by atoms with Gasteiger partial charge in [-0.05, 0) is 98.2 Å². The predicted molar refractivity (Wildman–Crippen MR) is 139 cm³/mol. The van der Waals surface area contributed by atoms with E-state index >= 15 is 0 Å². The second kappa shape index (κ2) is 9.33. The number of benzene rings is 2. The highest BCUT2D eigenvalue weighted by Gasteiger charge is 2.57. The zero-order valence-corrected chi connectivity index (χ0v) is 21.5. The minimum atomic E-state index is -0.914. The SMILES string of the molecule is CC(=O)Nc1ccc(N2C(=O)CC(N(Cc3ccc(F)cc3)C(=O)C34CC5CC(CC(C5)C3)C4)C2=O)cc1. The summed E-state index contributed by atoms with van der Waals surface area (Å²) in [6.07, 6.45) is 6.02. The van der Waals surface area contributed by atoms with Gasteiger partial charge in [0.15, 0.2) is 0 Å². The molecular formula is C30H32FN3O4. The summed E-state index contributed by atoms with van der Waals surface area (Å²) in [5.41, 5.74) is 1.21. The van der Waals surface area contributed by atoms with Gasteiger partial charge >= 0.3 is 0 Å². The Morgan fingerprint density at radius 1 is 0.947 bits per heavy atom. The maximum Gasteiger partial charge on any atom is 0.257 e. The van der Waals surface area contributed by atoms with E-state index in [4.69, 9.17) is 0 Å². The van der Waals surface area contributed by atoms with E-state index in [9.17, 15) is 23.6 Å². The van der Waals surface area contributed by atoms with Crippen LogP contribution in [0.4, 0.5) is 15.8 Å². The summed E-state index contributed by atoms with van der Waals surface area (Å²) >= 11 is 0. The first-order valence-corrected chi connectivity index (χ1v) is 13.5. The lowest BCUT2D eigenvalue weighted by atomic mass is 9.49. The molecule has 4 aliphatic carbocycles. The number of imide groups is 1. The summed E-state index contributed by atoms with van der Waals surface area (Å²) in [6, 6.07) is 11.6. The standard InChI is InChI=1S/C30H32FN3O4/c1-18(35)32-24-6-8-25(9-7-24)34-27(36)13-26(28(34)37)33(17-19-2-4-23(31)5-3-19)29(38)30-14-20-10-21(15-30)12-22(11-20)16-30/h2-9,20-22,26H,10-17H2,1H3,(H,32,35). The molecule has 2 aromatic rings. The van der Waals surface area contributed by atoms with Gasteiger partial charge in [-0.3, -0.25) is 19.2 Å². The molecule has 4 amide bonds. The van der Waals surface area contributed by atoms with Crippen molar-refractivity contribution in [2.75, 3.05) is 10.2 Å². The first kappa shape index (κ1) is 24.8. The van der Waals surface area contributed by atoms with Gasteiger partial charge in [-0.25, -0.2) is 9.29 Å². The van der Waals surface area contributed by atoms with Gasteiger partial charge in [0.25, 0.3) is 5.91 Å². The smallest absolute Gasteiger partial charge is 0.257 e. The van der Waals surface area contributed by atoms with Crippen molar-refractivity contribution < 1.29 is 23.6 Å². The topological polar surface area (TPSA) is 86.8 Å². The quantitative estimate of drug-likeness (QED) is 0.565. The summed E-state index contributed by atoms with van der Waals surface area (Å²) in [7, 11) is 0. The number of halogens is 1. The average Bonchev–Trinajstić information content (AvgIpc) is 3.16. The van der Waals surface area contributed by atoms with Crippen LogP contribution in [0.3, 0.4) is 0 Å². The van der Waals surface area contributed by atoms with E-state index in [0.717, 1.165) is 29.7 Å². The van der Waals surface area contributed by atoms with Crippen LogP contribution in [-0.4, -0.2) is 34.6 Å². The Morgan fingerprint density at radius 2 is 1.53 bits per heavy atom. The zero-order valence-electron chi connectivity index (χ0n) is 21.5. The van der Waals surface area contributed by atoms with Crippen molar-refractivity contribution in [1.82, 2.24) is 4.90 Å².